The summed E-state index contributed by atoms with van der Waals surface area (Å²) < 4.78 is 0. The van der Waals surface area contributed by atoms with Gasteiger partial charge in [0.25, 0.3) is 0 Å². The van der Waals surface area contributed by atoms with Gasteiger partial charge in [-0.2, -0.15) is 0 Å². The summed E-state index contributed by atoms with van der Waals surface area (Å²) >= 11 is 0. The SMILES string of the molecule is CCN(CCNCCCC(C)C)C1CCCCC1. The maximum atomic E-state index is 3.60. The molecular weight excluding hydrogens is 220 g/mol. The summed E-state index contributed by atoms with van der Waals surface area (Å²) in [6.45, 7) is 11.8. The number of hydrogen-bond acceptors (Lipinski definition) is 2. The predicted molar refractivity (Wildman–Crippen MR) is 81.1 cm³/mol. The number of nitrogens with one attached hydrogen (secondary N) is 1. The molecule has 1 aliphatic carbocycles. The van der Waals surface area contributed by atoms with E-state index in [1.165, 1.54) is 71.1 Å². The second-order valence-electron chi connectivity index (χ2n) is 6.21. The molecule has 0 heterocycles. The molecule has 0 amide bonds. The molecule has 0 bridgehead atoms. The second-order valence-corrected chi connectivity index (χ2v) is 6.21. The van der Waals surface area contributed by atoms with Gasteiger partial charge in [-0.15, -0.1) is 0 Å². The summed E-state index contributed by atoms with van der Waals surface area (Å²) in [5.41, 5.74) is 0. The van der Waals surface area contributed by atoms with Crippen LogP contribution < -0.4 is 5.32 Å². The maximum absolute atomic E-state index is 3.60. The van der Waals surface area contributed by atoms with Gasteiger partial charge in [0.05, 0.1) is 0 Å². The minimum atomic E-state index is 0.848. The zero-order valence-corrected chi connectivity index (χ0v) is 12.9. The molecule has 0 aliphatic heterocycles. The summed E-state index contributed by atoms with van der Waals surface area (Å²) in [4.78, 5) is 2.69. The Balaban J connectivity index is 2.04. The first-order valence-corrected chi connectivity index (χ1v) is 8.18. The lowest BCUT2D eigenvalue weighted by Gasteiger charge is -2.33. The number of rotatable bonds is 9. The maximum Gasteiger partial charge on any atom is 0.0110 e. The second kappa shape index (κ2) is 9.80. The van der Waals surface area contributed by atoms with E-state index in [9.17, 15) is 0 Å². The fourth-order valence-electron chi connectivity index (χ4n) is 3.03. The molecule has 1 N–H and O–H groups in total. The molecule has 0 unspecified atom stereocenters. The van der Waals surface area contributed by atoms with E-state index < -0.39 is 0 Å². The standard InChI is InChI=1S/C16H34N2/c1-4-18(16-10-6-5-7-11-16)14-13-17-12-8-9-15(2)3/h15-17H,4-14H2,1-3H3. The molecule has 0 saturated heterocycles. The summed E-state index contributed by atoms with van der Waals surface area (Å²) in [7, 11) is 0. The van der Waals surface area contributed by atoms with Crippen LogP contribution in [0.4, 0.5) is 0 Å². The highest BCUT2D eigenvalue weighted by Crippen LogP contribution is 2.21. The van der Waals surface area contributed by atoms with Crippen LogP contribution in [0.25, 0.3) is 0 Å². The Morgan fingerprint density at radius 2 is 1.83 bits per heavy atom. The monoisotopic (exact) mass is 254 g/mol. The van der Waals surface area contributed by atoms with E-state index in [2.05, 4.69) is 31.0 Å². The number of likely N-dealkylation sites (N-methyl/N-ethyl adjacent to an activating group) is 1. The molecule has 1 aliphatic rings. The van der Waals surface area contributed by atoms with Crippen molar-refractivity contribution in [3.63, 3.8) is 0 Å². The van der Waals surface area contributed by atoms with Crippen LogP contribution >= 0.6 is 0 Å². The largest absolute Gasteiger partial charge is 0.315 e. The molecule has 18 heavy (non-hydrogen) atoms. The van der Waals surface area contributed by atoms with Crippen molar-refractivity contribution in [1.82, 2.24) is 10.2 Å². The van der Waals surface area contributed by atoms with Gasteiger partial charge in [0.15, 0.2) is 0 Å². The molecule has 0 aromatic rings. The Hall–Kier alpha value is -0.0800. The molecule has 0 aromatic heterocycles. The normalized spacial score (nSPS) is 17.8. The third-order valence-electron chi connectivity index (χ3n) is 4.21. The van der Waals surface area contributed by atoms with Crippen LogP contribution in [-0.4, -0.2) is 37.1 Å². The van der Waals surface area contributed by atoms with Crippen LogP contribution in [0.2, 0.25) is 0 Å². The predicted octanol–water partition coefficient (Wildman–Crippen LogP) is 3.67. The molecule has 0 radical (unpaired) electrons. The summed E-state index contributed by atoms with van der Waals surface area (Å²) in [6, 6.07) is 0.876. The quantitative estimate of drug-likeness (QED) is 0.632. The van der Waals surface area contributed by atoms with Gasteiger partial charge in [-0.3, -0.25) is 4.90 Å². The van der Waals surface area contributed by atoms with Crippen molar-refractivity contribution in [2.45, 2.75) is 71.8 Å². The first-order chi connectivity index (χ1) is 8.74. The molecule has 0 spiro atoms. The highest BCUT2D eigenvalue weighted by Gasteiger charge is 2.18. The van der Waals surface area contributed by atoms with Gasteiger partial charge in [-0.1, -0.05) is 40.0 Å². The van der Waals surface area contributed by atoms with Gasteiger partial charge in [0, 0.05) is 19.1 Å². The van der Waals surface area contributed by atoms with Crippen LogP contribution in [0.1, 0.15) is 65.7 Å². The van der Waals surface area contributed by atoms with Crippen LogP contribution in [0, 0.1) is 5.92 Å². The highest BCUT2D eigenvalue weighted by molar-refractivity contribution is 4.75. The van der Waals surface area contributed by atoms with E-state index in [1.54, 1.807) is 0 Å². The molecule has 0 aromatic carbocycles. The van der Waals surface area contributed by atoms with E-state index in [4.69, 9.17) is 0 Å². The molecule has 1 fully saturated rings. The van der Waals surface area contributed by atoms with Crippen LogP contribution in [0.15, 0.2) is 0 Å². The van der Waals surface area contributed by atoms with Gasteiger partial charge >= 0.3 is 0 Å². The van der Waals surface area contributed by atoms with Gasteiger partial charge in [0.1, 0.15) is 0 Å². The Morgan fingerprint density at radius 1 is 1.11 bits per heavy atom. The van der Waals surface area contributed by atoms with Crippen molar-refractivity contribution < 1.29 is 0 Å². The van der Waals surface area contributed by atoms with Gasteiger partial charge in [-0.05, 0) is 44.7 Å². The molecule has 1 saturated carbocycles. The van der Waals surface area contributed by atoms with Crippen molar-refractivity contribution in [2.24, 2.45) is 5.92 Å². The topological polar surface area (TPSA) is 15.3 Å². The van der Waals surface area contributed by atoms with Crippen molar-refractivity contribution >= 4 is 0 Å². The summed E-state index contributed by atoms with van der Waals surface area (Å²) in [6.07, 6.45) is 9.90. The molecule has 2 heteroatoms. The van der Waals surface area contributed by atoms with Crippen LogP contribution in [0.5, 0.6) is 0 Å². The Bertz CT molecular complexity index is 186. The third-order valence-corrected chi connectivity index (χ3v) is 4.21. The van der Waals surface area contributed by atoms with E-state index >= 15 is 0 Å². The fourth-order valence-corrected chi connectivity index (χ4v) is 3.03. The van der Waals surface area contributed by atoms with E-state index in [-0.39, 0.29) is 0 Å². The van der Waals surface area contributed by atoms with Crippen molar-refractivity contribution in [3.05, 3.63) is 0 Å². The van der Waals surface area contributed by atoms with Crippen LogP contribution in [-0.2, 0) is 0 Å². The van der Waals surface area contributed by atoms with Gasteiger partial charge in [-0.25, -0.2) is 0 Å². The lowest BCUT2D eigenvalue weighted by Crippen LogP contribution is -2.40. The third kappa shape index (κ3) is 6.75. The van der Waals surface area contributed by atoms with Crippen molar-refractivity contribution in [1.29, 1.82) is 0 Å². The smallest absolute Gasteiger partial charge is 0.0110 e. The summed E-state index contributed by atoms with van der Waals surface area (Å²) in [5, 5.41) is 3.60. The lowest BCUT2D eigenvalue weighted by molar-refractivity contribution is 0.164. The average molecular weight is 254 g/mol. The fraction of sp³-hybridized carbons (Fsp3) is 1.00. The van der Waals surface area contributed by atoms with E-state index in [0.29, 0.717) is 0 Å². The summed E-state index contributed by atoms with van der Waals surface area (Å²) in [5.74, 6) is 0.848. The minimum absolute atomic E-state index is 0.848. The molecule has 2 nitrogen and oxygen atoms in total. The zero-order chi connectivity index (χ0) is 13.2. The molecule has 108 valence electrons. The molecular formula is C16H34N2. The Morgan fingerprint density at radius 3 is 2.44 bits per heavy atom. The number of hydrogen-bond donors (Lipinski definition) is 1. The van der Waals surface area contributed by atoms with Crippen molar-refractivity contribution in [2.75, 3.05) is 26.2 Å². The van der Waals surface area contributed by atoms with E-state index in [0.717, 1.165) is 12.0 Å². The highest BCUT2D eigenvalue weighted by atomic mass is 15.2. The van der Waals surface area contributed by atoms with Crippen molar-refractivity contribution in [3.8, 4) is 0 Å². The minimum Gasteiger partial charge on any atom is -0.315 e. The Kier molecular flexibility index (Phi) is 8.70. The average Bonchev–Trinajstić information content (AvgIpc) is 2.38. The zero-order valence-electron chi connectivity index (χ0n) is 12.9. The molecule has 1 rings (SSSR count). The van der Waals surface area contributed by atoms with Crippen LogP contribution in [0.3, 0.4) is 0 Å². The first kappa shape index (κ1) is 16.0. The van der Waals surface area contributed by atoms with E-state index in [1.807, 2.05) is 0 Å². The Labute approximate surface area is 115 Å². The van der Waals surface area contributed by atoms with Gasteiger partial charge in [0.2, 0.25) is 0 Å². The number of nitrogens with zero attached hydrogens (tertiary/aromatic N) is 1. The first-order valence-electron chi connectivity index (χ1n) is 8.18. The lowest BCUT2D eigenvalue weighted by atomic mass is 9.94. The van der Waals surface area contributed by atoms with Gasteiger partial charge < -0.3 is 5.32 Å². The molecule has 0 atom stereocenters.